The van der Waals surface area contributed by atoms with Gasteiger partial charge >= 0.3 is 5.97 Å². The lowest BCUT2D eigenvalue weighted by molar-refractivity contribution is 0.0734. The van der Waals surface area contributed by atoms with Crippen molar-refractivity contribution < 1.29 is 19.1 Å². The number of hydrogen-bond donors (Lipinski definition) is 1. The minimum absolute atomic E-state index is 0.326. The number of carbonyl (C=O) groups is 2. The third-order valence-electron chi connectivity index (χ3n) is 5.17. The van der Waals surface area contributed by atoms with E-state index in [1.165, 1.54) is 6.21 Å². The molecule has 1 N–H and O–H groups in total. The van der Waals surface area contributed by atoms with Gasteiger partial charge in [-0.2, -0.15) is 5.10 Å². The van der Waals surface area contributed by atoms with Crippen LogP contribution in [-0.4, -0.2) is 24.7 Å². The second kappa shape index (κ2) is 10.4. The minimum Gasteiger partial charge on any atom is -0.494 e. The van der Waals surface area contributed by atoms with E-state index < -0.39 is 5.97 Å². The van der Waals surface area contributed by atoms with Crippen LogP contribution >= 0.6 is 0 Å². The van der Waals surface area contributed by atoms with Gasteiger partial charge in [-0.25, -0.2) is 10.2 Å². The molecule has 0 unspecified atom stereocenters. The van der Waals surface area contributed by atoms with Crippen LogP contribution in [0.25, 0.3) is 10.8 Å². The fourth-order valence-electron chi connectivity index (χ4n) is 3.52. The maximum absolute atomic E-state index is 12.8. The number of benzene rings is 4. The molecule has 4 aromatic carbocycles. The molecule has 6 nitrogen and oxygen atoms in total. The van der Waals surface area contributed by atoms with E-state index in [0.29, 0.717) is 34.8 Å². The van der Waals surface area contributed by atoms with Crippen molar-refractivity contribution in [3.8, 4) is 11.5 Å². The van der Waals surface area contributed by atoms with Crippen LogP contribution in [0.4, 0.5) is 0 Å². The molecule has 0 aliphatic rings. The van der Waals surface area contributed by atoms with Crippen molar-refractivity contribution >= 4 is 28.9 Å². The molecule has 0 saturated carbocycles. The molecule has 0 aromatic heterocycles. The summed E-state index contributed by atoms with van der Waals surface area (Å²) in [5.74, 6) is 0.193. The fourth-order valence-corrected chi connectivity index (χ4v) is 3.52. The lowest BCUT2D eigenvalue weighted by Crippen LogP contribution is -2.18. The largest absolute Gasteiger partial charge is 0.494 e. The van der Waals surface area contributed by atoms with Crippen LogP contribution < -0.4 is 14.9 Å². The molecule has 0 spiro atoms. The fraction of sp³-hybridized carbons (Fsp3) is 0.107. The van der Waals surface area contributed by atoms with Crippen LogP contribution in [0.3, 0.4) is 0 Å². The zero-order valence-electron chi connectivity index (χ0n) is 18.9. The number of esters is 1. The van der Waals surface area contributed by atoms with Crippen LogP contribution in [0.2, 0.25) is 0 Å². The Labute approximate surface area is 197 Å². The maximum Gasteiger partial charge on any atom is 0.343 e. The summed E-state index contributed by atoms with van der Waals surface area (Å²) in [4.78, 5) is 25.2. The Balaban J connectivity index is 1.59. The van der Waals surface area contributed by atoms with Gasteiger partial charge in [-0.1, -0.05) is 48.0 Å². The van der Waals surface area contributed by atoms with Crippen molar-refractivity contribution in [3.63, 3.8) is 0 Å². The molecule has 0 atom stereocenters. The molecule has 170 valence electrons. The highest BCUT2D eigenvalue weighted by atomic mass is 16.5. The Morgan fingerprint density at radius 2 is 1.71 bits per heavy atom. The van der Waals surface area contributed by atoms with Crippen LogP contribution in [0.5, 0.6) is 11.5 Å². The summed E-state index contributed by atoms with van der Waals surface area (Å²) in [6.45, 7) is 4.36. The van der Waals surface area contributed by atoms with E-state index in [9.17, 15) is 9.59 Å². The third kappa shape index (κ3) is 5.30. The molecule has 0 fully saturated rings. The van der Waals surface area contributed by atoms with Gasteiger partial charge in [0.25, 0.3) is 5.91 Å². The van der Waals surface area contributed by atoms with E-state index >= 15 is 0 Å². The van der Waals surface area contributed by atoms with Crippen molar-refractivity contribution in [3.05, 3.63) is 107 Å². The third-order valence-corrected chi connectivity index (χ3v) is 5.17. The highest BCUT2D eigenvalue weighted by Gasteiger charge is 2.14. The Morgan fingerprint density at radius 3 is 2.47 bits per heavy atom. The molecule has 4 aromatic rings. The van der Waals surface area contributed by atoms with Gasteiger partial charge in [0.15, 0.2) is 0 Å². The number of hydrazone groups is 1. The van der Waals surface area contributed by atoms with E-state index in [-0.39, 0.29) is 5.91 Å². The van der Waals surface area contributed by atoms with Crippen molar-refractivity contribution in [2.45, 2.75) is 13.8 Å². The summed E-state index contributed by atoms with van der Waals surface area (Å²) >= 11 is 0. The Hall–Kier alpha value is -4.45. The monoisotopic (exact) mass is 452 g/mol. The van der Waals surface area contributed by atoms with E-state index in [2.05, 4.69) is 10.5 Å². The molecule has 0 bridgehead atoms. The van der Waals surface area contributed by atoms with Crippen molar-refractivity contribution in [1.29, 1.82) is 0 Å². The van der Waals surface area contributed by atoms with Gasteiger partial charge in [0, 0.05) is 11.1 Å². The number of fused-ring (bicyclic) bond motifs is 1. The zero-order chi connectivity index (χ0) is 23.9. The quantitative estimate of drug-likeness (QED) is 0.173. The molecule has 1 amide bonds. The van der Waals surface area contributed by atoms with E-state index in [1.54, 1.807) is 42.5 Å². The van der Waals surface area contributed by atoms with E-state index in [1.807, 2.05) is 56.3 Å². The predicted octanol–water partition coefficient (Wildman–Crippen LogP) is 5.53. The number of carbonyl (C=O) groups excluding carboxylic acids is 2. The van der Waals surface area contributed by atoms with Gasteiger partial charge in [-0.05, 0) is 67.1 Å². The number of amides is 1. The van der Waals surface area contributed by atoms with Crippen LogP contribution in [0.1, 0.15) is 38.8 Å². The number of ether oxygens (including phenoxy) is 2. The Kier molecular flexibility index (Phi) is 6.98. The van der Waals surface area contributed by atoms with Gasteiger partial charge in [0.05, 0.1) is 18.4 Å². The van der Waals surface area contributed by atoms with Gasteiger partial charge in [0.1, 0.15) is 11.5 Å². The number of nitrogens with zero attached hydrogens (tertiary/aromatic N) is 1. The lowest BCUT2D eigenvalue weighted by atomic mass is 10.0. The van der Waals surface area contributed by atoms with E-state index in [4.69, 9.17) is 9.47 Å². The summed E-state index contributed by atoms with van der Waals surface area (Å²) in [6.07, 6.45) is 1.50. The predicted molar refractivity (Wildman–Crippen MR) is 133 cm³/mol. The van der Waals surface area contributed by atoms with Crippen molar-refractivity contribution in [2.75, 3.05) is 6.61 Å². The first-order valence-electron chi connectivity index (χ1n) is 10.9. The minimum atomic E-state index is -0.503. The summed E-state index contributed by atoms with van der Waals surface area (Å²) in [7, 11) is 0. The Bertz CT molecular complexity index is 1360. The standard InChI is InChI=1S/C28H24N2O4/c1-3-33-23-14-11-21(12-15-23)28(32)34-26-16-13-20-8-4-5-10-24(20)25(26)18-29-30-27(31)22-9-6-7-19(2)17-22/h4-18H,3H2,1-2H3,(H,30,31)/b29-18+. The molecule has 0 aliphatic heterocycles. The highest BCUT2D eigenvalue weighted by Crippen LogP contribution is 2.27. The average molecular weight is 453 g/mol. The van der Waals surface area contributed by atoms with Crippen LogP contribution in [0, 0.1) is 6.92 Å². The average Bonchev–Trinajstić information content (AvgIpc) is 2.85. The van der Waals surface area contributed by atoms with Gasteiger partial charge < -0.3 is 9.47 Å². The summed E-state index contributed by atoms with van der Waals surface area (Å²) < 4.78 is 11.1. The van der Waals surface area contributed by atoms with Gasteiger partial charge in [-0.3, -0.25) is 4.79 Å². The van der Waals surface area contributed by atoms with E-state index in [0.717, 1.165) is 16.3 Å². The number of hydrogen-bond acceptors (Lipinski definition) is 5. The smallest absolute Gasteiger partial charge is 0.343 e. The number of aryl methyl sites for hydroxylation is 1. The number of nitrogens with one attached hydrogen (secondary N) is 1. The molecular weight excluding hydrogens is 428 g/mol. The summed E-state index contributed by atoms with van der Waals surface area (Å²) in [5, 5.41) is 5.93. The van der Waals surface area contributed by atoms with Crippen LogP contribution in [-0.2, 0) is 0 Å². The summed E-state index contributed by atoms with van der Waals surface area (Å²) in [6, 6.07) is 25.3. The SMILES string of the molecule is CCOc1ccc(C(=O)Oc2ccc3ccccc3c2/C=N/NC(=O)c2cccc(C)c2)cc1. The molecule has 0 aliphatic carbocycles. The highest BCUT2D eigenvalue weighted by molar-refractivity contribution is 6.04. The topological polar surface area (TPSA) is 77.0 Å². The van der Waals surface area contributed by atoms with Crippen LogP contribution in [0.15, 0.2) is 90.0 Å². The van der Waals surface area contributed by atoms with Gasteiger partial charge in [-0.15, -0.1) is 0 Å². The molecule has 4 rings (SSSR count). The second-order valence-electron chi connectivity index (χ2n) is 7.61. The second-order valence-corrected chi connectivity index (χ2v) is 7.61. The maximum atomic E-state index is 12.8. The lowest BCUT2D eigenvalue weighted by Gasteiger charge is -2.11. The molecule has 0 saturated heterocycles. The zero-order valence-corrected chi connectivity index (χ0v) is 18.9. The molecule has 34 heavy (non-hydrogen) atoms. The molecule has 0 heterocycles. The van der Waals surface area contributed by atoms with Gasteiger partial charge in [0.2, 0.25) is 0 Å². The molecular formula is C28H24N2O4. The molecule has 6 heteroatoms. The first kappa shape index (κ1) is 22.7. The van der Waals surface area contributed by atoms with Crippen molar-refractivity contribution in [2.24, 2.45) is 5.10 Å². The summed E-state index contributed by atoms with van der Waals surface area (Å²) in [5.41, 5.74) is 5.02. The first-order chi connectivity index (χ1) is 16.5. The number of rotatable bonds is 7. The molecule has 0 radical (unpaired) electrons. The Morgan fingerprint density at radius 1 is 0.912 bits per heavy atom. The normalized spacial score (nSPS) is 10.9. The van der Waals surface area contributed by atoms with Crippen molar-refractivity contribution in [1.82, 2.24) is 5.43 Å². The first-order valence-corrected chi connectivity index (χ1v) is 10.9.